The lowest BCUT2D eigenvalue weighted by Crippen LogP contribution is -2.18. The van der Waals surface area contributed by atoms with E-state index in [0.717, 1.165) is 22.1 Å². The molecular formula is C14H17ClN2O2S. The first-order valence-electron chi connectivity index (χ1n) is 6.19. The van der Waals surface area contributed by atoms with Gasteiger partial charge in [-0.05, 0) is 24.6 Å². The molecule has 0 aliphatic rings. The molecule has 1 aromatic heterocycles. The molecule has 0 radical (unpaired) electrons. The highest BCUT2D eigenvalue weighted by molar-refractivity contribution is 7.15. The van der Waals surface area contributed by atoms with Gasteiger partial charge in [0.05, 0.1) is 20.4 Å². The number of hydrogen-bond donors (Lipinski definition) is 1. The fraction of sp³-hybridized carbons (Fsp3) is 0.357. The molecule has 108 valence electrons. The van der Waals surface area contributed by atoms with Gasteiger partial charge in [-0.2, -0.15) is 0 Å². The molecule has 0 saturated carbocycles. The van der Waals surface area contributed by atoms with Crippen LogP contribution in [-0.4, -0.2) is 19.2 Å². The Balaban J connectivity index is 2.03. The number of nitrogens with zero attached hydrogens (tertiary/aromatic N) is 1. The van der Waals surface area contributed by atoms with Crippen LogP contribution in [0.5, 0.6) is 11.5 Å². The van der Waals surface area contributed by atoms with Gasteiger partial charge in [0.15, 0.2) is 11.5 Å². The first-order chi connectivity index (χ1) is 9.63. The molecule has 0 aliphatic carbocycles. The van der Waals surface area contributed by atoms with Crippen LogP contribution in [0.25, 0.3) is 0 Å². The lowest BCUT2D eigenvalue weighted by atomic mass is 10.1. The second-order valence-electron chi connectivity index (χ2n) is 4.28. The van der Waals surface area contributed by atoms with Crippen LogP contribution in [0.1, 0.15) is 23.5 Å². The van der Waals surface area contributed by atoms with E-state index in [0.29, 0.717) is 10.9 Å². The molecule has 0 fully saturated rings. The summed E-state index contributed by atoms with van der Waals surface area (Å²) in [5.74, 6) is 1.46. The minimum absolute atomic E-state index is 0.178. The van der Waals surface area contributed by atoms with Gasteiger partial charge < -0.3 is 14.8 Å². The molecule has 4 nitrogen and oxygen atoms in total. The van der Waals surface area contributed by atoms with Crippen LogP contribution < -0.4 is 14.8 Å². The second-order valence-corrected chi connectivity index (χ2v) is 6.02. The molecule has 6 heteroatoms. The fourth-order valence-electron chi connectivity index (χ4n) is 1.85. The average Bonchev–Trinajstić information content (AvgIpc) is 2.89. The maximum Gasteiger partial charge on any atom is 0.161 e. The molecule has 2 rings (SSSR count). The van der Waals surface area contributed by atoms with Crippen LogP contribution in [0.3, 0.4) is 0 Å². The zero-order valence-corrected chi connectivity index (χ0v) is 13.2. The number of hydrogen-bond acceptors (Lipinski definition) is 5. The number of nitrogens with one attached hydrogen (secondary N) is 1. The molecule has 0 aliphatic heterocycles. The van der Waals surface area contributed by atoms with Gasteiger partial charge in [-0.25, -0.2) is 4.98 Å². The summed E-state index contributed by atoms with van der Waals surface area (Å²) in [6.45, 7) is 2.78. The van der Waals surface area contributed by atoms with Crippen molar-refractivity contribution >= 4 is 22.9 Å². The van der Waals surface area contributed by atoms with E-state index >= 15 is 0 Å². The molecule has 1 aromatic carbocycles. The minimum Gasteiger partial charge on any atom is -0.493 e. The zero-order valence-electron chi connectivity index (χ0n) is 11.6. The number of rotatable bonds is 6. The molecule has 2 aromatic rings. The second kappa shape index (κ2) is 6.92. The summed E-state index contributed by atoms with van der Waals surface area (Å²) in [5.41, 5.74) is 1.13. The van der Waals surface area contributed by atoms with E-state index in [9.17, 15) is 0 Å². The van der Waals surface area contributed by atoms with Gasteiger partial charge in [0.2, 0.25) is 0 Å². The number of aromatic nitrogens is 1. The highest BCUT2D eigenvalue weighted by Gasteiger charge is 2.10. The highest BCUT2D eigenvalue weighted by Crippen LogP contribution is 2.30. The van der Waals surface area contributed by atoms with Crippen LogP contribution in [-0.2, 0) is 6.54 Å². The standard InChI is InChI=1S/C14H17ClN2O2S/c1-9(16-8-14-17-7-13(15)20-14)10-4-5-11(18-2)12(6-10)19-3/h4-7,9,16H,8H2,1-3H3. The Hall–Kier alpha value is -1.30. The van der Waals surface area contributed by atoms with Crippen molar-refractivity contribution in [2.75, 3.05) is 14.2 Å². The lowest BCUT2D eigenvalue weighted by Gasteiger charge is -2.15. The SMILES string of the molecule is COc1ccc(C(C)NCc2ncc(Cl)s2)cc1OC. The number of methoxy groups -OCH3 is 2. The first kappa shape index (κ1) is 15.1. The van der Waals surface area contributed by atoms with Crippen molar-refractivity contribution in [2.24, 2.45) is 0 Å². The largest absolute Gasteiger partial charge is 0.493 e. The average molecular weight is 313 g/mol. The van der Waals surface area contributed by atoms with E-state index in [1.54, 1.807) is 20.4 Å². The summed E-state index contributed by atoms with van der Waals surface area (Å²) in [4.78, 5) is 4.22. The molecule has 0 bridgehead atoms. The maximum absolute atomic E-state index is 5.86. The molecular weight excluding hydrogens is 296 g/mol. The molecule has 1 atom stereocenters. The third kappa shape index (κ3) is 3.62. The van der Waals surface area contributed by atoms with Crippen molar-refractivity contribution in [3.8, 4) is 11.5 Å². The van der Waals surface area contributed by atoms with Gasteiger partial charge in [0.25, 0.3) is 0 Å². The van der Waals surface area contributed by atoms with Gasteiger partial charge in [0, 0.05) is 12.6 Å². The van der Waals surface area contributed by atoms with Crippen LogP contribution >= 0.6 is 22.9 Å². The molecule has 0 amide bonds. The van der Waals surface area contributed by atoms with E-state index in [-0.39, 0.29) is 6.04 Å². The molecule has 1 unspecified atom stereocenters. The van der Waals surface area contributed by atoms with Crippen LogP contribution in [0.2, 0.25) is 4.34 Å². The number of benzene rings is 1. The smallest absolute Gasteiger partial charge is 0.161 e. The third-order valence-electron chi connectivity index (χ3n) is 2.99. The van der Waals surface area contributed by atoms with Crippen LogP contribution in [0, 0.1) is 0 Å². The topological polar surface area (TPSA) is 43.4 Å². The third-order valence-corrected chi connectivity index (χ3v) is 4.11. The van der Waals surface area contributed by atoms with Gasteiger partial charge in [-0.1, -0.05) is 17.7 Å². The van der Waals surface area contributed by atoms with Crippen molar-refractivity contribution in [1.29, 1.82) is 0 Å². The summed E-state index contributed by atoms with van der Waals surface area (Å²) in [7, 11) is 3.27. The Kier molecular flexibility index (Phi) is 5.23. The zero-order chi connectivity index (χ0) is 14.5. The van der Waals surface area contributed by atoms with Crippen molar-refractivity contribution < 1.29 is 9.47 Å². The van der Waals surface area contributed by atoms with E-state index in [4.69, 9.17) is 21.1 Å². The predicted molar refractivity (Wildman–Crippen MR) is 81.9 cm³/mol. The number of thiazole rings is 1. The quantitative estimate of drug-likeness (QED) is 0.884. The Morgan fingerprint density at radius 1 is 1.30 bits per heavy atom. The fourth-order valence-corrected chi connectivity index (χ4v) is 2.76. The maximum atomic E-state index is 5.86. The van der Waals surface area contributed by atoms with Crippen molar-refractivity contribution in [3.63, 3.8) is 0 Å². The predicted octanol–water partition coefficient (Wildman–Crippen LogP) is 3.66. The van der Waals surface area contributed by atoms with Gasteiger partial charge in [-0.3, -0.25) is 0 Å². The Labute approximate surface area is 127 Å². The van der Waals surface area contributed by atoms with Crippen molar-refractivity contribution in [2.45, 2.75) is 19.5 Å². The summed E-state index contributed by atoms with van der Waals surface area (Å²) in [5, 5.41) is 4.38. The monoisotopic (exact) mass is 312 g/mol. The minimum atomic E-state index is 0.178. The van der Waals surface area contributed by atoms with Gasteiger partial charge in [-0.15, -0.1) is 11.3 Å². The Morgan fingerprint density at radius 2 is 2.05 bits per heavy atom. The summed E-state index contributed by atoms with van der Waals surface area (Å²) < 4.78 is 11.3. The summed E-state index contributed by atoms with van der Waals surface area (Å²) in [6, 6.07) is 6.09. The summed E-state index contributed by atoms with van der Waals surface area (Å²) >= 11 is 7.35. The Bertz CT molecular complexity index is 574. The Morgan fingerprint density at radius 3 is 2.65 bits per heavy atom. The lowest BCUT2D eigenvalue weighted by molar-refractivity contribution is 0.354. The van der Waals surface area contributed by atoms with Gasteiger partial charge in [0.1, 0.15) is 9.34 Å². The van der Waals surface area contributed by atoms with E-state index in [1.807, 2.05) is 18.2 Å². The van der Waals surface area contributed by atoms with Crippen molar-refractivity contribution in [3.05, 3.63) is 39.3 Å². The van der Waals surface area contributed by atoms with Crippen molar-refractivity contribution in [1.82, 2.24) is 10.3 Å². The van der Waals surface area contributed by atoms with Gasteiger partial charge >= 0.3 is 0 Å². The number of ether oxygens (including phenoxy) is 2. The highest BCUT2D eigenvalue weighted by atomic mass is 35.5. The summed E-state index contributed by atoms with van der Waals surface area (Å²) in [6.07, 6.45) is 1.67. The molecule has 1 heterocycles. The molecule has 0 saturated heterocycles. The van der Waals surface area contributed by atoms with Crippen LogP contribution in [0.15, 0.2) is 24.4 Å². The van der Waals surface area contributed by atoms with Crippen LogP contribution in [0.4, 0.5) is 0 Å². The van der Waals surface area contributed by atoms with E-state index < -0.39 is 0 Å². The molecule has 0 spiro atoms. The normalized spacial score (nSPS) is 12.2. The van der Waals surface area contributed by atoms with E-state index in [1.165, 1.54) is 11.3 Å². The molecule has 1 N–H and O–H groups in total. The molecule has 20 heavy (non-hydrogen) atoms. The number of halogens is 1. The first-order valence-corrected chi connectivity index (χ1v) is 7.39. The van der Waals surface area contributed by atoms with E-state index in [2.05, 4.69) is 17.2 Å².